The summed E-state index contributed by atoms with van der Waals surface area (Å²) in [4.78, 5) is 25.7. The zero-order chi connectivity index (χ0) is 19.2. The fourth-order valence-electron chi connectivity index (χ4n) is 2.16. The first-order valence-corrected chi connectivity index (χ1v) is 9.15. The molecule has 1 heterocycles. The number of amides is 1. The largest absolute Gasteiger partial charge is 0.325 e. The summed E-state index contributed by atoms with van der Waals surface area (Å²) in [5, 5.41) is 13.3. The summed E-state index contributed by atoms with van der Waals surface area (Å²) in [5.74, 6) is -0.237. The summed E-state index contributed by atoms with van der Waals surface area (Å²) < 4.78 is 26.0. The van der Waals surface area contributed by atoms with E-state index in [1.165, 1.54) is 25.4 Å². The highest BCUT2D eigenvalue weighted by Gasteiger charge is 2.21. The summed E-state index contributed by atoms with van der Waals surface area (Å²) in [6.07, 6.45) is 3.58. The zero-order valence-corrected chi connectivity index (χ0v) is 14.8. The predicted molar refractivity (Wildman–Crippen MR) is 95.0 cm³/mol. The second-order valence-corrected chi connectivity index (χ2v) is 7.52. The number of non-ortho nitro benzene ring substituents is 1. The zero-order valence-electron chi connectivity index (χ0n) is 14.0. The van der Waals surface area contributed by atoms with Gasteiger partial charge in [0.1, 0.15) is 0 Å². The first-order valence-electron chi connectivity index (χ1n) is 7.71. The normalized spacial score (nSPS) is 11.3. The van der Waals surface area contributed by atoms with E-state index in [4.69, 9.17) is 0 Å². The van der Waals surface area contributed by atoms with Gasteiger partial charge in [-0.05, 0) is 30.7 Å². The molecule has 26 heavy (non-hydrogen) atoms. The van der Waals surface area contributed by atoms with E-state index >= 15 is 0 Å². The second-order valence-electron chi connectivity index (χ2n) is 5.47. The lowest BCUT2D eigenvalue weighted by Crippen LogP contribution is -2.28. The van der Waals surface area contributed by atoms with Crippen LogP contribution in [0.25, 0.3) is 0 Å². The molecule has 0 aliphatic rings. The lowest BCUT2D eigenvalue weighted by Gasteiger charge is -2.17. The molecule has 9 nitrogen and oxygen atoms in total. The maximum absolute atomic E-state index is 12.4. The Labute approximate surface area is 150 Å². The molecule has 138 valence electrons. The second kappa shape index (κ2) is 8.50. The van der Waals surface area contributed by atoms with Crippen molar-refractivity contribution in [3.8, 4) is 0 Å². The molecule has 0 spiro atoms. The maximum Gasteiger partial charge on any atom is 0.269 e. The molecule has 0 saturated carbocycles. The summed E-state index contributed by atoms with van der Waals surface area (Å²) in [7, 11) is -2.37. The highest BCUT2D eigenvalue weighted by atomic mass is 32.2. The number of hydrogen-bond donors (Lipinski definition) is 1. The van der Waals surface area contributed by atoms with Gasteiger partial charge in [0.05, 0.1) is 21.7 Å². The Balaban J connectivity index is 1.88. The standard InChI is InChI=1S/C16H18N4O5S/c1-19(11-3-5-16(21)18-13-4-2-10-17-12-13)26(24,25)15-8-6-14(7-9-15)20(22)23/h2,4,6-10,12H,3,5,11H2,1H3,(H,18,21). The van der Waals surface area contributed by atoms with E-state index in [1.807, 2.05) is 0 Å². The van der Waals surface area contributed by atoms with Crippen molar-refractivity contribution in [2.45, 2.75) is 17.7 Å². The Morgan fingerprint density at radius 1 is 1.27 bits per heavy atom. The minimum atomic E-state index is -3.77. The number of nitro benzene ring substituents is 1. The van der Waals surface area contributed by atoms with Crippen LogP contribution in [-0.2, 0) is 14.8 Å². The van der Waals surface area contributed by atoms with E-state index < -0.39 is 14.9 Å². The van der Waals surface area contributed by atoms with Crippen LogP contribution in [0, 0.1) is 10.1 Å². The molecule has 0 bridgehead atoms. The Kier molecular flexibility index (Phi) is 6.36. The molecular weight excluding hydrogens is 360 g/mol. The number of anilines is 1. The molecule has 0 aliphatic carbocycles. The van der Waals surface area contributed by atoms with Crippen molar-refractivity contribution in [1.82, 2.24) is 9.29 Å². The molecule has 0 radical (unpaired) electrons. The van der Waals surface area contributed by atoms with Crippen LogP contribution in [0.2, 0.25) is 0 Å². The Morgan fingerprint density at radius 3 is 2.54 bits per heavy atom. The third kappa shape index (κ3) is 5.07. The van der Waals surface area contributed by atoms with Crippen molar-refractivity contribution < 1.29 is 18.1 Å². The molecule has 2 aromatic rings. The average molecular weight is 378 g/mol. The molecule has 0 unspecified atom stereocenters. The van der Waals surface area contributed by atoms with Gasteiger partial charge in [0.25, 0.3) is 5.69 Å². The number of nitro groups is 1. The van der Waals surface area contributed by atoms with Gasteiger partial charge >= 0.3 is 0 Å². The van der Waals surface area contributed by atoms with Crippen molar-refractivity contribution in [1.29, 1.82) is 0 Å². The van der Waals surface area contributed by atoms with Crippen molar-refractivity contribution >= 4 is 27.3 Å². The molecule has 1 aromatic heterocycles. The molecule has 1 aromatic carbocycles. The van der Waals surface area contributed by atoms with E-state index in [1.54, 1.807) is 18.3 Å². The van der Waals surface area contributed by atoms with Crippen LogP contribution in [0.4, 0.5) is 11.4 Å². The number of rotatable bonds is 8. The third-order valence-electron chi connectivity index (χ3n) is 3.58. The number of nitrogens with zero attached hydrogens (tertiary/aromatic N) is 3. The van der Waals surface area contributed by atoms with Gasteiger partial charge < -0.3 is 5.32 Å². The Morgan fingerprint density at radius 2 is 1.96 bits per heavy atom. The lowest BCUT2D eigenvalue weighted by molar-refractivity contribution is -0.384. The third-order valence-corrected chi connectivity index (χ3v) is 5.45. The molecule has 2 rings (SSSR count). The molecule has 1 N–H and O–H groups in total. The quantitative estimate of drug-likeness (QED) is 0.554. The van der Waals surface area contributed by atoms with E-state index in [-0.39, 0.29) is 29.5 Å². The van der Waals surface area contributed by atoms with Crippen LogP contribution in [0.5, 0.6) is 0 Å². The molecule has 0 atom stereocenters. The van der Waals surface area contributed by atoms with Crippen LogP contribution in [0.3, 0.4) is 0 Å². The minimum absolute atomic E-state index is 0.0367. The predicted octanol–water partition coefficient (Wildman–Crippen LogP) is 2.03. The lowest BCUT2D eigenvalue weighted by atomic mass is 10.3. The molecule has 10 heteroatoms. The summed E-state index contributed by atoms with van der Waals surface area (Å²) in [6, 6.07) is 8.07. The summed E-state index contributed by atoms with van der Waals surface area (Å²) in [5.41, 5.74) is 0.392. The van der Waals surface area contributed by atoms with E-state index in [2.05, 4.69) is 10.3 Å². The van der Waals surface area contributed by atoms with Crippen LogP contribution in [0.15, 0.2) is 53.7 Å². The Hall–Kier alpha value is -2.85. The number of aromatic nitrogens is 1. The van der Waals surface area contributed by atoms with Crippen LogP contribution >= 0.6 is 0 Å². The van der Waals surface area contributed by atoms with Crippen LogP contribution in [0.1, 0.15) is 12.8 Å². The van der Waals surface area contributed by atoms with Crippen molar-refractivity contribution in [3.05, 3.63) is 58.9 Å². The molecule has 0 saturated heterocycles. The van der Waals surface area contributed by atoms with Gasteiger partial charge in [-0.2, -0.15) is 0 Å². The van der Waals surface area contributed by atoms with Crippen molar-refractivity contribution in [3.63, 3.8) is 0 Å². The van der Waals surface area contributed by atoms with Gasteiger partial charge in [0.15, 0.2) is 0 Å². The molecular formula is C16H18N4O5S. The number of carbonyl (C=O) groups excluding carboxylic acids is 1. The highest BCUT2D eigenvalue weighted by molar-refractivity contribution is 7.89. The number of nitrogens with one attached hydrogen (secondary N) is 1. The van der Waals surface area contributed by atoms with Gasteiger partial charge in [-0.25, -0.2) is 12.7 Å². The number of hydrogen-bond acceptors (Lipinski definition) is 6. The minimum Gasteiger partial charge on any atom is -0.325 e. The van der Waals surface area contributed by atoms with Gasteiger partial charge in [-0.15, -0.1) is 0 Å². The maximum atomic E-state index is 12.4. The van der Waals surface area contributed by atoms with Gasteiger partial charge in [0.2, 0.25) is 15.9 Å². The number of pyridine rings is 1. The number of sulfonamides is 1. The first-order chi connectivity index (χ1) is 12.3. The topological polar surface area (TPSA) is 123 Å². The SMILES string of the molecule is CN(CCCC(=O)Nc1cccnc1)S(=O)(=O)c1ccc([N+](=O)[O-])cc1. The van der Waals surface area contributed by atoms with Gasteiger partial charge in [-0.3, -0.25) is 19.9 Å². The molecule has 0 fully saturated rings. The van der Waals surface area contributed by atoms with Crippen molar-refractivity contribution in [2.75, 3.05) is 18.9 Å². The van der Waals surface area contributed by atoms with E-state index in [9.17, 15) is 23.3 Å². The molecule has 1 amide bonds. The van der Waals surface area contributed by atoms with E-state index in [0.717, 1.165) is 16.4 Å². The average Bonchev–Trinajstić information content (AvgIpc) is 2.62. The number of carbonyl (C=O) groups is 1. The van der Waals surface area contributed by atoms with Gasteiger partial charge in [-0.1, -0.05) is 0 Å². The molecule has 0 aliphatic heterocycles. The van der Waals surface area contributed by atoms with Crippen LogP contribution in [-0.4, -0.2) is 42.1 Å². The smallest absolute Gasteiger partial charge is 0.269 e. The monoisotopic (exact) mass is 378 g/mol. The van der Waals surface area contributed by atoms with Crippen molar-refractivity contribution in [2.24, 2.45) is 0 Å². The summed E-state index contributed by atoms with van der Waals surface area (Å²) in [6.45, 7) is 0.139. The first kappa shape index (κ1) is 19.5. The number of benzene rings is 1. The van der Waals surface area contributed by atoms with E-state index in [0.29, 0.717) is 12.1 Å². The fourth-order valence-corrected chi connectivity index (χ4v) is 3.37. The van der Waals surface area contributed by atoms with Gasteiger partial charge in [0, 0.05) is 38.3 Å². The highest BCUT2D eigenvalue weighted by Crippen LogP contribution is 2.19. The summed E-state index contributed by atoms with van der Waals surface area (Å²) >= 11 is 0. The van der Waals surface area contributed by atoms with Crippen LogP contribution < -0.4 is 5.32 Å². The fraction of sp³-hybridized carbons (Fsp3) is 0.250. The Bertz CT molecular complexity index is 869.